The SMILES string of the molecule is Cc1cccc(C(=O)NC(C)c2ncc[nH]2)c1Br. The van der Waals surface area contributed by atoms with E-state index in [0.29, 0.717) is 5.56 Å². The van der Waals surface area contributed by atoms with Gasteiger partial charge in [0.25, 0.3) is 5.91 Å². The highest BCUT2D eigenvalue weighted by Crippen LogP contribution is 2.21. The Hall–Kier alpha value is -1.62. The number of halogens is 1. The van der Waals surface area contributed by atoms with Crippen molar-refractivity contribution in [3.8, 4) is 0 Å². The summed E-state index contributed by atoms with van der Waals surface area (Å²) < 4.78 is 0.828. The number of carbonyl (C=O) groups excluding carboxylic acids is 1. The second-order valence-electron chi connectivity index (χ2n) is 4.11. The lowest BCUT2D eigenvalue weighted by molar-refractivity contribution is 0.0937. The minimum Gasteiger partial charge on any atom is -0.347 e. The molecule has 2 rings (SSSR count). The molecule has 1 heterocycles. The number of aromatic nitrogens is 2. The molecule has 94 valence electrons. The minimum absolute atomic E-state index is 0.116. The van der Waals surface area contributed by atoms with E-state index < -0.39 is 0 Å². The number of aryl methyl sites for hydroxylation is 1. The Morgan fingerprint density at radius 3 is 2.94 bits per heavy atom. The summed E-state index contributed by atoms with van der Waals surface area (Å²) in [7, 11) is 0. The Morgan fingerprint density at radius 1 is 1.50 bits per heavy atom. The van der Waals surface area contributed by atoms with Crippen LogP contribution in [0.2, 0.25) is 0 Å². The first-order valence-electron chi connectivity index (χ1n) is 5.65. The summed E-state index contributed by atoms with van der Waals surface area (Å²) in [4.78, 5) is 19.2. The lowest BCUT2D eigenvalue weighted by atomic mass is 10.1. The fourth-order valence-electron chi connectivity index (χ4n) is 1.68. The third-order valence-corrected chi connectivity index (χ3v) is 3.77. The van der Waals surface area contributed by atoms with Crippen LogP contribution in [-0.2, 0) is 0 Å². The van der Waals surface area contributed by atoms with Gasteiger partial charge in [-0.15, -0.1) is 0 Å². The van der Waals surface area contributed by atoms with E-state index in [9.17, 15) is 4.79 Å². The molecule has 1 unspecified atom stereocenters. The quantitative estimate of drug-likeness (QED) is 0.916. The zero-order chi connectivity index (χ0) is 13.1. The van der Waals surface area contributed by atoms with Gasteiger partial charge in [0.2, 0.25) is 0 Å². The molecule has 0 radical (unpaired) electrons. The molecule has 0 saturated heterocycles. The van der Waals surface area contributed by atoms with E-state index in [0.717, 1.165) is 15.9 Å². The zero-order valence-electron chi connectivity index (χ0n) is 10.2. The molecular formula is C13H14BrN3O. The van der Waals surface area contributed by atoms with Crippen molar-refractivity contribution in [1.82, 2.24) is 15.3 Å². The highest BCUT2D eigenvalue weighted by atomic mass is 79.9. The van der Waals surface area contributed by atoms with E-state index in [-0.39, 0.29) is 11.9 Å². The number of hydrogen-bond acceptors (Lipinski definition) is 2. The maximum absolute atomic E-state index is 12.1. The summed E-state index contributed by atoms with van der Waals surface area (Å²) in [5.74, 6) is 0.626. The monoisotopic (exact) mass is 307 g/mol. The van der Waals surface area contributed by atoms with Crippen molar-refractivity contribution < 1.29 is 4.79 Å². The summed E-state index contributed by atoms with van der Waals surface area (Å²) >= 11 is 3.44. The van der Waals surface area contributed by atoms with Crippen molar-refractivity contribution in [2.45, 2.75) is 19.9 Å². The third-order valence-electron chi connectivity index (χ3n) is 2.71. The van der Waals surface area contributed by atoms with E-state index in [4.69, 9.17) is 0 Å². The highest BCUT2D eigenvalue weighted by molar-refractivity contribution is 9.10. The molecule has 2 aromatic rings. The van der Waals surface area contributed by atoms with Crippen LogP contribution < -0.4 is 5.32 Å². The van der Waals surface area contributed by atoms with Gasteiger partial charge in [0.05, 0.1) is 11.6 Å². The molecule has 0 aliphatic rings. The van der Waals surface area contributed by atoms with Gasteiger partial charge in [-0.05, 0) is 41.4 Å². The molecule has 0 aliphatic heterocycles. The normalized spacial score (nSPS) is 12.2. The fourth-order valence-corrected chi connectivity index (χ4v) is 2.12. The molecule has 0 saturated carbocycles. The van der Waals surface area contributed by atoms with Crippen LogP contribution in [0.1, 0.15) is 34.7 Å². The lowest BCUT2D eigenvalue weighted by Crippen LogP contribution is -2.27. The van der Waals surface area contributed by atoms with Gasteiger partial charge in [0, 0.05) is 16.9 Å². The second kappa shape index (κ2) is 5.35. The molecule has 1 amide bonds. The predicted octanol–water partition coefficient (Wildman–Crippen LogP) is 2.97. The Morgan fingerprint density at radius 2 is 2.28 bits per heavy atom. The Labute approximate surface area is 114 Å². The second-order valence-corrected chi connectivity index (χ2v) is 4.90. The average molecular weight is 308 g/mol. The van der Waals surface area contributed by atoms with Gasteiger partial charge < -0.3 is 10.3 Å². The largest absolute Gasteiger partial charge is 0.347 e. The molecule has 2 N–H and O–H groups in total. The Balaban J connectivity index is 2.15. The van der Waals surface area contributed by atoms with Gasteiger partial charge in [-0.3, -0.25) is 4.79 Å². The third kappa shape index (κ3) is 2.61. The number of benzene rings is 1. The number of imidazole rings is 1. The van der Waals surface area contributed by atoms with Gasteiger partial charge in [-0.25, -0.2) is 4.98 Å². The minimum atomic E-state index is -0.153. The van der Waals surface area contributed by atoms with E-state index in [1.54, 1.807) is 18.5 Å². The van der Waals surface area contributed by atoms with Gasteiger partial charge in [-0.1, -0.05) is 12.1 Å². The molecule has 0 fully saturated rings. The van der Waals surface area contributed by atoms with E-state index in [1.807, 2.05) is 26.0 Å². The van der Waals surface area contributed by atoms with E-state index >= 15 is 0 Å². The topological polar surface area (TPSA) is 57.8 Å². The van der Waals surface area contributed by atoms with Gasteiger partial charge >= 0.3 is 0 Å². The lowest BCUT2D eigenvalue weighted by Gasteiger charge is -2.13. The van der Waals surface area contributed by atoms with Crippen molar-refractivity contribution in [1.29, 1.82) is 0 Å². The van der Waals surface area contributed by atoms with Crippen LogP contribution in [0.25, 0.3) is 0 Å². The van der Waals surface area contributed by atoms with E-state index in [1.165, 1.54) is 0 Å². The Kier molecular flexibility index (Phi) is 3.81. The van der Waals surface area contributed by atoms with Gasteiger partial charge in [0.15, 0.2) is 0 Å². The first-order valence-corrected chi connectivity index (χ1v) is 6.44. The summed E-state index contributed by atoms with van der Waals surface area (Å²) in [5, 5.41) is 2.90. The van der Waals surface area contributed by atoms with E-state index in [2.05, 4.69) is 31.2 Å². The molecule has 5 heteroatoms. The first-order chi connectivity index (χ1) is 8.59. The smallest absolute Gasteiger partial charge is 0.253 e. The van der Waals surface area contributed by atoms with Crippen LogP contribution in [0.4, 0.5) is 0 Å². The maximum atomic E-state index is 12.1. The van der Waals surface area contributed by atoms with Crippen molar-refractivity contribution in [3.63, 3.8) is 0 Å². The predicted molar refractivity (Wildman–Crippen MR) is 73.3 cm³/mol. The molecule has 0 spiro atoms. The van der Waals surface area contributed by atoms with Crippen LogP contribution in [0.3, 0.4) is 0 Å². The molecule has 0 bridgehead atoms. The number of nitrogens with zero attached hydrogens (tertiary/aromatic N) is 1. The van der Waals surface area contributed by atoms with Crippen LogP contribution in [0.15, 0.2) is 35.1 Å². The number of rotatable bonds is 3. The number of hydrogen-bond donors (Lipinski definition) is 2. The Bertz CT molecular complexity index is 551. The molecule has 1 aromatic heterocycles. The van der Waals surface area contributed by atoms with Gasteiger partial charge in [0.1, 0.15) is 5.82 Å². The number of carbonyl (C=O) groups is 1. The van der Waals surface area contributed by atoms with Crippen molar-refractivity contribution >= 4 is 21.8 Å². The van der Waals surface area contributed by atoms with Crippen molar-refractivity contribution in [2.24, 2.45) is 0 Å². The summed E-state index contributed by atoms with van der Waals surface area (Å²) in [5.41, 5.74) is 1.67. The number of nitrogens with one attached hydrogen (secondary N) is 2. The maximum Gasteiger partial charge on any atom is 0.253 e. The number of H-pyrrole nitrogens is 1. The molecule has 1 atom stereocenters. The molecule has 4 nitrogen and oxygen atoms in total. The number of aromatic amines is 1. The average Bonchev–Trinajstić information content (AvgIpc) is 2.86. The molecule has 18 heavy (non-hydrogen) atoms. The van der Waals surface area contributed by atoms with Crippen LogP contribution >= 0.6 is 15.9 Å². The fraction of sp³-hybridized carbons (Fsp3) is 0.231. The highest BCUT2D eigenvalue weighted by Gasteiger charge is 2.15. The van der Waals surface area contributed by atoms with Gasteiger partial charge in [-0.2, -0.15) is 0 Å². The van der Waals surface area contributed by atoms with Crippen LogP contribution in [-0.4, -0.2) is 15.9 Å². The molecular weight excluding hydrogens is 294 g/mol. The standard InChI is InChI=1S/C13H14BrN3O/c1-8-4-3-5-10(11(8)14)13(18)17-9(2)12-15-6-7-16-12/h3-7,9H,1-2H3,(H,15,16)(H,17,18). The molecule has 0 aliphatic carbocycles. The zero-order valence-corrected chi connectivity index (χ0v) is 11.8. The number of amides is 1. The van der Waals surface area contributed by atoms with Crippen LogP contribution in [0, 0.1) is 6.92 Å². The summed E-state index contributed by atoms with van der Waals surface area (Å²) in [6.45, 7) is 3.84. The first kappa shape index (κ1) is 12.8. The summed E-state index contributed by atoms with van der Waals surface area (Å²) in [6, 6.07) is 5.46. The summed E-state index contributed by atoms with van der Waals surface area (Å²) in [6.07, 6.45) is 3.40. The van der Waals surface area contributed by atoms with Crippen molar-refractivity contribution in [3.05, 3.63) is 52.0 Å². The van der Waals surface area contributed by atoms with Crippen LogP contribution in [0.5, 0.6) is 0 Å². The molecule has 1 aromatic carbocycles. The van der Waals surface area contributed by atoms with Crippen molar-refractivity contribution in [2.75, 3.05) is 0 Å².